The van der Waals surface area contributed by atoms with Gasteiger partial charge in [0, 0.05) is 18.4 Å². The zero-order valence-corrected chi connectivity index (χ0v) is 14.9. The number of nitrogens with zero attached hydrogens (tertiary/aromatic N) is 1. The van der Waals surface area contributed by atoms with Crippen LogP contribution in [0.5, 0.6) is 0 Å². The van der Waals surface area contributed by atoms with Crippen LogP contribution < -0.4 is 0 Å². The Morgan fingerprint density at radius 2 is 1.83 bits per heavy atom. The molecule has 0 radical (unpaired) electrons. The van der Waals surface area contributed by atoms with Gasteiger partial charge in [-0.3, -0.25) is 9.79 Å². The van der Waals surface area contributed by atoms with Gasteiger partial charge in [0.1, 0.15) is 5.76 Å². The number of rotatable bonds is 5. The molecule has 0 bridgehead atoms. The largest absolute Gasteiger partial charge is 0.511 e. The van der Waals surface area contributed by atoms with Crippen LogP contribution in [0.2, 0.25) is 0 Å². The second-order valence-electron chi connectivity index (χ2n) is 7.72. The van der Waals surface area contributed by atoms with E-state index in [1.54, 1.807) is 12.1 Å². The molecular weight excluding hydrogens is 302 g/mol. The molecule has 1 unspecified atom stereocenters. The highest BCUT2D eigenvalue weighted by Crippen LogP contribution is 2.37. The fourth-order valence-electron chi connectivity index (χ4n) is 3.07. The molecule has 24 heavy (non-hydrogen) atoms. The summed E-state index contributed by atoms with van der Waals surface area (Å²) in [6.07, 6.45) is 0.329. The lowest BCUT2D eigenvalue weighted by molar-refractivity contribution is -0.117. The maximum atomic E-state index is 12.6. The van der Waals surface area contributed by atoms with Crippen molar-refractivity contribution < 1.29 is 15.0 Å². The summed E-state index contributed by atoms with van der Waals surface area (Å²) < 4.78 is 0. The van der Waals surface area contributed by atoms with E-state index in [2.05, 4.69) is 4.99 Å². The number of ketones is 1. The van der Waals surface area contributed by atoms with E-state index >= 15 is 0 Å². The third-order valence-corrected chi connectivity index (χ3v) is 4.12. The van der Waals surface area contributed by atoms with Crippen LogP contribution in [0.4, 0.5) is 0 Å². The molecule has 0 spiro atoms. The van der Waals surface area contributed by atoms with Crippen molar-refractivity contribution in [3.05, 3.63) is 47.2 Å². The first-order valence-electron chi connectivity index (χ1n) is 8.45. The van der Waals surface area contributed by atoms with Crippen molar-refractivity contribution in [2.45, 2.75) is 53.2 Å². The predicted molar refractivity (Wildman–Crippen MR) is 96.0 cm³/mol. The summed E-state index contributed by atoms with van der Waals surface area (Å²) in [6.45, 7) is 7.99. The highest BCUT2D eigenvalue weighted by atomic mass is 16.3. The van der Waals surface area contributed by atoms with Gasteiger partial charge in [0.2, 0.25) is 0 Å². The molecule has 0 amide bonds. The van der Waals surface area contributed by atoms with Crippen LogP contribution in [0.3, 0.4) is 0 Å². The van der Waals surface area contributed by atoms with Gasteiger partial charge in [-0.2, -0.15) is 0 Å². The molecule has 4 heteroatoms. The standard InChI is InChI=1S/C20H27NO3/c1-13(2)10-15(21-19(24)14-8-6-5-7-9-14)18-16(22)11-20(3,4)12-17(18)23/h5-9,13,19,22,24H,10-12H2,1-4H3. The fraction of sp³-hybridized carbons (Fsp3) is 0.500. The van der Waals surface area contributed by atoms with Crippen LogP contribution >= 0.6 is 0 Å². The maximum absolute atomic E-state index is 12.6. The van der Waals surface area contributed by atoms with Crippen LogP contribution in [0, 0.1) is 11.3 Å². The van der Waals surface area contributed by atoms with Crippen LogP contribution in [0.25, 0.3) is 0 Å². The van der Waals surface area contributed by atoms with Crippen LogP contribution in [-0.4, -0.2) is 21.7 Å². The number of aliphatic imine (C=N–C) groups is 1. The average Bonchev–Trinajstić information content (AvgIpc) is 2.45. The third-order valence-electron chi connectivity index (χ3n) is 4.12. The molecule has 1 aromatic carbocycles. The Bertz CT molecular complexity index is 657. The monoisotopic (exact) mass is 329 g/mol. The van der Waals surface area contributed by atoms with Crippen molar-refractivity contribution in [3.8, 4) is 0 Å². The Morgan fingerprint density at radius 1 is 1.21 bits per heavy atom. The zero-order valence-electron chi connectivity index (χ0n) is 14.9. The molecule has 0 heterocycles. The molecule has 2 rings (SSSR count). The van der Waals surface area contributed by atoms with E-state index < -0.39 is 6.23 Å². The fourth-order valence-corrected chi connectivity index (χ4v) is 3.07. The molecule has 0 aliphatic heterocycles. The van der Waals surface area contributed by atoms with Crippen molar-refractivity contribution in [1.29, 1.82) is 0 Å². The number of aliphatic hydroxyl groups is 2. The van der Waals surface area contributed by atoms with Gasteiger partial charge in [-0.15, -0.1) is 0 Å². The van der Waals surface area contributed by atoms with Crippen molar-refractivity contribution in [1.82, 2.24) is 0 Å². The molecule has 0 fully saturated rings. The minimum Gasteiger partial charge on any atom is -0.511 e. The van der Waals surface area contributed by atoms with E-state index in [4.69, 9.17) is 0 Å². The van der Waals surface area contributed by atoms with Crippen molar-refractivity contribution in [3.63, 3.8) is 0 Å². The number of benzene rings is 1. The lowest BCUT2D eigenvalue weighted by atomic mass is 9.75. The molecule has 0 saturated carbocycles. The number of hydrogen-bond acceptors (Lipinski definition) is 4. The topological polar surface area (TPSA) is 69.9 Å². The van der Waals surface area contributed by atoms with Crippen LogP contribution in [0.15, 0.2) is 46.7 Å². The molecule has 0 saturated heterocycles. The third kappa shape index (κ3) is 4.54. The first kappa shape index (κ1) is 18.4. The summed E-state index contributed by atoms with van der Waals surface area (Å²) in [5, 5.41) is 20.8. The van der Waals surface area contributed by atoms with Gasteiger partial charge in [-0.05, 0) is 17.8 Å². The van der Waals surface area contributed by atoms with Crippen LogP contribution in [-0.2, 0) is 4.79 Å². The van der Waals surface area contributed by atoms with E-state index in [1.165, 1.54) is 0 Å². The molecular formula is C20H27NO3. The molecule has 4 nitrogen and oxygen atoms in total. The average molecular weight is 329 g/mol. The Hall–Kier alpha value is -1.94. The Morgan fingerprint density at radius 3 is 2.38 bits per heavy atom. The molecule has 2 N–H and O–H groups in total. The van der Waals surface area contributed by atoms with Gasteiger partial charge in [-0.1, -0.05) is 58.0 Å². The number of Topliss-reactive ketones (excluding diaryl/α,β-unsaturated/α-hetero) is 1. The van der Waals surface area contributed by atoms with E-state index in [0.717, 1.165) is 0 Å². The second kappa shape index (κ2) is 7.31. The normalized spacial score (nSPS) is 19.8. The summed E-state index contributed by atoms with van der Waals surface area (Å²) in [5.41, 5.74) is 1.23. The highest BCUT2D eigenvalue weighted by Gasteiger charge is 2.35. The molecule has 1 atom stereocenters. The Kier molecular flexibility index (Phi) is 5.60. The number of carbonyl (C=O) groups is 1. The van der Waals surface area contributed by atoms with E-state index in [1.807, 2.05) is 45.9 Å². The first-order valence-corrected chi connectivity index (χ1v) is 8.45. The SMILES string of the molecule is CC(C)CC(=NC(O)c1ccccc1)C1=C(O)CC(C)(C)CC1=O. The summed E-state index contributed by atoms with van der Waals surface area (Å²) in [4.78, 5) is 17.0. The second-order valence-corrected chi connectivity index (χ2v) is 7.72. The molecule has 130 valence electrons. The van der Waals surface area contributed by atoms with Gasteiger partial charge in [0.05, 0.1) is 11.3 Å². The lowest BCUT2D eigenvalue weighted by Gasteiger charge is -2.30. The number of allylic oxidation sites excluding steroid dienone is 2. The van der Waals surface area contributed by atoms with Gasteiger partial charge in [0.15, 0.2) is 12.0 Å². The van der Waals surface area contributed by atoms with Crippen molar-refractivity contribution in [2.24, 2.45) is 16.3 Å². The van der Waals surface area contributed by atoms with Crippen molar-refractivity contribution in [2.75, 3.05) is 0 Å². The van der Waals surface area contributed by atoms with Gasteiger partial charge < -0.3 is 10.2 Å². The minimum atomic E-state index is -1.04. The molecule has 1 aliphatic carbocycles. The smallest absolute Gasteiger partial charge is 0.171 e. The van der Waals surface area contributed by atoms with E-state index in [0.29, 0.717) is 36.1 Å². The predicted octanol–water partition coefficient (Wildman–Crippen LogP) is 4.37. The Labute approximate surface area is 143 Å². The summed E-state index contributed by atoms with van der Waals surface area (Å²) in [5.74, 6) is 0.258. The maximum Gasteiger partial charge on any atom is 0.171 e. The van der Waals surface area contributed by atoms with Crippen LogP contribution in [0.1, 0.15) is 58.7 Å². The van der Waals surface area contributed by atoms with E-state index in [-0.39, 0.29) is 22.9 Å². The summed E-state index contributed by atoms with van der Waals surface area (Å²) >= 11 is 0. The molecule has 1 aromatic rings. The highest BCUT2D eigenvalue weighted by molar-refractivity contribution is 6.23. The summed E-state index contributed by atoms with van der Waals surface area (Å²) in [6, 6.07) is 9.13. The van der Waals surface area contributed by atoms with E-state index in [9.17, 15) is 15.0 Å². The lowest BCUT2D eigenvalue weighted by Crippen LogP contribution is -2.30. The zero-order chi connectivity index (χ0) is 17.9. The number of hydrogen-bond donors (Lipinski definition) is 2. The van der Waals surface area contributed by atoms with Gasteiger partial charge >= 0.3 is 0 Å². The number of aliphatic hydroxyl groups excluding tert-OH is 2. The van der Waals surface area contributed by atoms with Gasteiger partial charge in [0.25, 0.3) is 0 Å². The quantitative estimate of drug-likeness (QED) is 0.788. The number of carbonyl (C=O) groups excluding carboxylic acids is 1. The molecule has 1 aliphatic rings. The Balaban J connectivity index is 2.42. The molecule has 0 aromatic heterocycles. The van der Waals surface area contributed by atoms with Gasteiger partial charge in [-0.25, -0.2) is 0 Å². The summed E-state index contributed by atoms with van der Waals surface area (Å²) in [7, 11) is 0. The first-order chi connectivity index (χ1) is 11.2. The minimum absolute atomic E-state index is 0.0934. The van der Waals surface area contributed by atoms with Crippen molar-refractivity contribution >= 4 is 11.5 Å².